The number of nitrogens with one attached hydrogen (secondary N) is 1. The van der Waals surface area contributed by atoms with Gasteiger partial charge in [0.25, 0.3) is 0 Å². The van der Waals surface area contributed by atoms with Crippen LogP contribution in [0.3, 0.4) is 0 Å². The summed E-state index contributed by atoms with van der Waals surface area (Å²) >= 11 is 0. The molecule has 1 aromatic heterocycles. The Labute approximate surface area is 128 Å². The fourth-order valence-corrected chi connectivity index (χ4v) is 2.24. The molecule has 3 nitrogen and oxygen atoms in total. The topological polar surface area (TPSA) is 28.2 Å². The van der Waals surface area contributed by atoms with E-state index in [9.17, 15) is 0 Å². The zero-order chi connectivity index (χ0) is 15.4. The van der Waals surface area contributed by atoms with Crippen molar-refractivity contribution in [2.75, 3.05) is 24.3 Å². The summed E-state index contributed by atoms with van der Waals surface area (Å²) in [7, 11) is 3.99. The smallest absolute Gasteiger partial charge is 0.128 e. The summed E-state index contributed by atoms with van der Waals surface area (Å²) in [6.45, 7) is 6.60. The molecule has 0 radical (unpaired) electrons. The van der Waals surface area contributed by atoms with E-state index in [0.29, 0.717) is 5.92 Å². The molecular formula is C18H25N3. The molecule has 0 aliphatic rings. The lowest BCUT2D eigenvalue weighted by atomic mass is 9.99. The van der Waals surface area contributed by atoms with E-state index in [1.165, 1.54) is 11.1 Å². The maximum absolute atomic E-state index is 4.43. The third-order valence-electron chi connectivity index (χ3n) is 3.69. The molecule has 1 N–H and O–H groups in total. The van der Waals surface area contributed by atoms with Crippen molar-refractivity contribution in [1.82, 2.24) is 4.98 Å². The zero-order valence-electron chi connectivity index (χ0n) is 13.6. The fourth-order valence-electron chi connectivity index (χ4n) is 2.24. The molecule has 0 aliphatic heterocycles. The lowest BCUT2D eigenvalue weighted by Gasteiger charge is -2.17. The zero-order valence-corrected chi connectivity index (χ0v) is 13.6. The molecule has 0 fully saturated rings. The average molecular weight is 283 g/mol. The highest BCUT2D eigenvalue weighted by molar-refractivity contribution is 5.49. The molecule has 112 valence electrons. The van der Waals surface area contributed by atoms with Gasteiger partial charge in [-0.3, -0.25) is 0 Å². The molecule has 0 saturated carbocycles. The highest BCUT2D eigenvalue weighted by atomic mass is 15.1. The summed E-state index contributed by atoms with van der Waals surface area (Å²) in [4.78, 5) is 6.42. The van der Waals surface area contributed by atoms with Crippen molar-refractivity contribution in [3.63, 3.8) is 0 Å². The Kier molecular flexibility index (Phi) is 4.84. The van der Waals surface area contributed by atoms with E-state index in [1.807, 2.05) is 31.3 Å². The number of anilines is 2. The standard InChI is InChI=1S/C18H25N3/c1-13(2)15-6-8-16(9-7-15)14(3)20-17-10-11-18(19-12-17)21(4)5/h6-14,20H,1-5H3. The molecule has 0 spiro atoms. The molecule has 2 rings (SSSR count). The van der Waals surface area contributed by atoms with E-state index in [-0.39, 0.29) is 6.04 Å². The predicted molar refractivity (Wildman–Crippen MR) is 91.1 cm³/mol. The Balaban J connectivity index is 2.04. The molecule has 1 atom stereocenters. The minimum absolute atomic E-state index is 0.262. The number of nitrogens with zero attached hydrogens (tertiary/aromatic N) is 2. The van der Waals surface area contributed by atoms with Crippen molar-refractivity contribution in [2.45, 2.75) is 32.7 Å². The summed E-state index contributed by atoms with van der Waals surface area (Å²) in [5, 5.41) is 3.49. The van der Waals surface area contributed by atoms with Gasteiger partial charge in [0.15, 0.2) is 0 Å². The highest BCUT2D eigenvalue weighted by Gasteiger charge is 2.07. The SMILES string of the molecule is CC(C)c1ccc(C(C)Nc2ccc(N(C)C)nc2)cc1. The van der Waals surface area contributed by atoms with Crippen molar-refractivity contribution in [1.29, 1.82) is 0 Å². The summed E-state index contributed by atoms with van der Waals surface area (Å²) in [6.07, 6.45) is 1.88. The van der Waals surface area contributed by atoms with Crippen LogP contribution in [0.2, 0.25) is 0 Å². The number of rotatable bonds is 5. The van der Waals surface area contributed by atoms with E-state index < -0.39 is 0 Å². The van der Waals surface area contributed by atoms with Crippen LogP contribution in [0.4, 0.5) is 11.5 Å². The van der Waals surface area contributed by atoms with Crippen molar-refractivity contribution in [2.24, 2.45) is 0 Å². The monoisotopic (exact) mass is 283 g/mol. The van der Waals surface area contributed by atoms with Gasteiger partial charge in [-0.1, -0.05) is 38.1 Å². The van der Waals surface area contributed by atoms with Crippen LogP contribution in [-0.4, -0.2) is 19.1 Å². The quantitative estimate of drug-likeness (QED) is 0.879. The molecule has 2 aromatic rings. The van der Waals surface area contributed by atoms with Gasteiger partial charge in [-0.15, -0.1) is 0 Å². The fraction of sp³-hybridized carbons (Fsp3) is 0.389. The first-order valence-electron chi connectivity index (χ1n) is 7.47. The van der Waals surface area contributed by atoms with Gasteiger partial charge in [0, 0.05) is 20.1 Å². The largest absolute Gasteiger partial charge is 0.377 e. The molecule has 3 heteroatoms. The second-order valence-corrected chi connectivity index (χ2v) is 5.99. The third-order valence-corrected chi connectivity index (χ3v) is 3.69. The summed E-state index contributed by atoms with van der Waals surface area (Å²) in [5.74, 6) is 1.54. The molecule has 0 saturated heterocycles. The second kappa shape index (κ2) is 6.61. The Morgan fingerprint density at radius 2 is 1.52 bits per heavy atom. The minimum Gasteiger partial charge on any atom is -0.377 e. The molecule has 1 unspecified atom stereocenters. The van der Waals surface area contributed by atoms with Crippen molar-refractivity contribution in [3.8, 4) is 0 Å². The average Bonchev–Trinajstić information content (AvgIpc) is 2.47. The van der Waals surface area contributed by atoms with Gasteiger partial charge >= 0.3 is 0 Å². The van der Waals surface area contributed by atoms with E-state index in [2.05, 4.69) is 61.4 Å². The number of benzene rings is 1. The first kappa shape index (κ1) is 15.4. The van der Waals surface area contributed by atoms with Crippen LogP contribution in [0, 0.1) is 0 Å². The first-order chi connectivity index (χ1) is 9.97. The van der Waals surface area contributed by atoms with Crippen LogP contribution in [0.25, 0.3) is 0 Å². The maximum Gasteiger partial charge on any atom is 0.128 e. The van der Waals surface area contributed by atoms with E-state index in [1.54, 1.807) is 0 Å². The van der Waals surface area contributed by atoms with E-state index >= 15 is 0 Å². The maximum atomic E-state index is 4.43. The first-order valence-corrected chi connectivity index (χ1v) is 7.47. The van der Waals surface area contributed by atoms with Crippen LogP contribution in [-0.2, 0) is 0 Å². The Hall–Kier alpha value is -2.03. The van der Waals surface area contributed by atoms with Gasteiger partial charge in [0.1, 0.15) is 5.82 Å². The van der Waals surface area contributed by atoms with Crippen molar-refractivity contribution in [3.05, 3.63) is 53.7 Å². The summed E-state index contributed by atoms with van der Waals surface area (Å²) in [5.41, 5.74) is 3.71. The number of pyridine rings is 1. The van der Waals surface area contributed by atoms with Gasteiger partial charge in [-0.25, -0.2) is 4.98 Å². The number of hydrogen-bond acceptors (Lipinski definition) is 3. The number of hydrogen-bond donors (Lipinski definition) is 1. The molecule has 1 heterocycles. The third kappa shape index (κ3) is 3.97. The van der Waals surface area contributed by atoms with Gasteiger partial charge in [0.05, 0.1) is 11.9 Å². The Morgan fingerprint density at radius 3 is 2.00 bits per heavy atom. The van der Waals surface area contributed by atoms with Gasteiger partial charge in [-0.05, 0) is 36.1 Å². The van der Waals surface area contributed by atoms with Crippen LogP contribution in [0.1, 0.15) is 43.9 Å². The van der Waals surface area contributed by atoms with E-state index in [4.69, 9.17) is 0 Å². The van der Waals surface area contributed by atoms with Crippen molar-refractivity contribution >= 4 is 11.5 Å². The molecule has 1 aromatic carbocycles. The van der Waals surface area contributed by atoms with Gasteiger partial charge < -0.3 is 10.2 Å². The highest BCUT2D eigenvalue weighted by Crippen LogP contribution is 2.22. The van der Waals surface area contributed by atoms with Crippen LogP contribution in [0.5, 0.6) is 0 Å². The van der Waals surface area contributed by atoms with Crippen LogP contribution >= 0.6 is 0 Å². The van der Waals surface area contributed by atoms with Crippen molar-refractivity contribution < 1.29 is 0 Å². The Bertz CT molecular complexity index is 556. The summed E-state index contributed by atoms with van der Waals surface area (Å²) < 4.78 is 0. The van der Waals surface area contributed by atoms with Gasteiger partial charge in [-0.2, -0.15) is 0 Å². The molecule has 0 amide bonds. The van der Waals surface area contributed by atoms with Gasteiger partial charge in [0.2, 0.25) is 0 Å². The second-order valence-electron chi connectivity index (χ2n) is 5.99. The normalized spacial score (nSPS) is 12.3. The molecule has 0 aliphatic carbocycles. The molecular weight excluding hydrogens is 258 g/mol. The minimum atomic E-state index is 0.262. The Morgan fingerprint density at radius 1 is 0.905 bits per heavy atom. The predicted octanol–water partition coefficient (Wildman–Crippen LogP) is 4.44. The lowest BCUT2D eigenvalue weighted by molar-refractivity contribution is 0.851. The molecule has 0 bridgehead atoms. The van der Waals surface area contributed by atoms with E-state index in [0.717, 1.165) is 11.5 Å². The molecule has 21 heavy (non-hydrogen) atoms. The van der Waals surface area contributed by atoms with Crippen LogP contribution in [0.15, 0.2) is 42.6 Å². The summed E-state index contributed by atoms with van der Waals surface area (Å²) in [6, 6.07) is 13.2. The number of aromatic nitrogens is 1. The van der Waals surface area contributed by atoms with Crippen LogP contribution < -0.4 is 10.2 Å². The lowest BCUT2D eigenvalue weighted by Crippen LogP contribution is -2.11.